The lowest BCUT2D eigenvalue weighted by Gasteiger charge is -2.01. The average Bonchev–Trinajstić information content (AvgIpc) is 3.08. The summed E-state index contributed by atoms with van der Waals surface area (Å²) in [5.41, 5.74) is 2.87. The summed E-state index contributed by atoms with van der Waals surface area (Å²) in [6.07, 6.45) is 0. The second-order valence-electron chi connectivity index (χ2n) is 4.98. The van der Waals surface area contributed by atoms with Crippen LogP contribution in [0.2, 0.25) is 0 Å². The molecule has 0 radical (unpaired) electrons. The highest BCUT2D eigenvalue weighted by molar-refractivity contribution is 9.10. The quantitative estimate of drug-likeness (QED) is 0.538. The number of thiazole rings is 1. The molecule has 0 saturated heterocycles. The number of hydrogen-bond donors (Lipinski definition) is 1. The maximum atomic E-state index is 12.3. The summed E-state index contributed by atoms with van der Waals surface area (Å²) in [4.78, 5) is 21.2. The molecule has 0 atom stereocenters. The summed E-state index contributed by atoms with van der Waals surface area (Å²) >= 11 is 4.75. The Balaban J connectivity index is 1.72. The van der Waals surface area contributed by atoms with E-state index in [0.717, 1.165) is 25.8 Å². The molecule has 2 aromatic carbocycles. The van der Waals surface area contributed by atoms with Crippen molar-refractivity contribution < 1.29 is 9.21 Å². The molecule has 1 N–H and O–H groups in total. The SMILES string of the molecule is Cc1nc2c(ccc3nc(NC(=O)c4cccc(Br)c4)sc32)o1. The van der Waals surface area contributed by atoms with E-state index in [1.165, 1.54) is 11.3 Å². The summed E-state index contributed by atoms with van der Waals surface area (Å²) in [5.74, 6) is 0.415. The highest BCUT2D eigenvalue weighted by atomic mass is 79.9. The standard InChI is InChI=1S/C16H10BrN3O2S/c1-8-18-13-12(22-8)6-5-11-14(13)23-16(19-11)20-15(21)9-3-2-4-10(17)7-9/h2-7H,1H3,(H,19,20,21). The zero-order valence-corrected chi connectivity index (χ0v) is 14.4. The first-order chi connectivity index (χ1) is 11.1. The Morgan fingerprint density at radius 2 is 2.13 bits per heavy atom. The van der Waals surface area contributed by atoms with Gasteiger partial charge in [0.2, 0.25) is 0 Å². The predicted molar refractivity (Wildman–Crippen MR) is 94.0 cm³/mol. The second kappa shape index (κ2) is 5.43. The van der Waals surface area contributed by atoms with Gasteiger partial charge in [-0.25, -0.2) is 9.97 Å². The molecule has 0 aliphatic carbocycles. The van der Waals surface area contributed by atoms with Crippen LogP contribution in [0.25, 0.3) is 21.3 Å². The topological polar surface area (TPSA) is 68.0 Å². The third kappa shape index (κ3) is 2.62. The van der Waals surface area contributed by atoms with Crippen molar-refractivity contribution in [3.8, 4) is 0 Å². The van der Waals surface area contributed by atoms with Gasteiger partial charge in [-0.3, -0.25) is 10.1 Å². The lowest BCUT2D eigenvalue weighted by molar-refractivity contribution is 0.102. The molecule has 23 heavy (non-hydrogen) atoms. The third-order valence-corrected chi connectivity index (χ3v) is 4.82. The molecule has 0 aliphatic heterocycles. The molecule has 0 unspecified atom stereocenters. The number of fused-ring (bicyclic) bond motifs is 3. The van der Waals surface area contributed by atoms with Gasteiger partial charge in [0.25, 0.3) is 5.91 Å². The minimum atomic E-state index is -0.196. The number of benzene rings is 2. The van der Waals surface area contributed by atoms with Crippen molar-refractivity contribution in [2.75, 3.05) is 5.32 Å². The van der Waals surface area contributed by atoms with Gasteiger partial charge in [0.1, 0.15) is 5.52 Å². The van der Waals surface area contributed by atoms with E-state index in [1.54, 1.807) is 12.1 Å². The van der Waals surface area contributed by atoms with E-state index in [9.17, 15) is 4.79 Å². The summed E-state index contributed by atoms with van der Waals surface area (Å²) in [6, 6.07) is 10.9. The largest absolute Gasteiger partial charge is 0.441 e. The number of carbonyl (C=O) groups is 1. The molecule has 0 fully saturated rings. The van der Waals surface area contributed by atoms with E-state index in [2.05, 4.69) is 31.2 Å². The molecule has 5 nitrogen and oxygen atoms in total. The number of aromatic nitrogens is 2. The van der Waals surface area contributed by atoms with Gasteiger partial charge in [-0.05, 0) is 30.3 Å². The molecule has 0 bridgehead atoms. The van der Waals surface area contributed by atoms with Crippen molar-refractivity contribution in [3.05, 3.63) is 52.3 Å². The van der Waals surface area contributed by atoms with Crippen molar-refractivity contribution >= 4 is 59.6 Å². The molecule has 7 heteroatoms. The van der Waals surface area contributed by atoms with Gasteiger partial charge in [-0.1, -0.05) is 33.3 Å². The number of oxazole rings is 1. The van der Waals surface area contributed by atoms with Crippen LogP contribution in [-0.4, -0.2) is 15.9 Å². The Morgan fingerprint density at radius 1 is 1.26 bits per heavy atom. The Bertz CT molecular complexity index is 1050. The smallest absolute Gasteiger partial charge is 0.257 e. The van der Waals surface area contributed by atoms with Crippen LogP contribution < -0.4 is 5.32 Å². The zero-order chi connectivity index (χ0) is 16.0. The summed E-state index contributed by atoms with van der Waals surface area (Å²) in [6.45, 7) is 1.81. The van der Waals surface area contributed by atoms with E-state index in [0.29, 0.717) is 16.6 Å². The lowest BCUT2D eigenvalue weighted by Crippen LogP contribution is -2.11. The van der Waals surface area contributed by atoms with Gasteiger partial charge in [0.05, 0.1) is 10.2 Å². The fourth-order valence-electron chi connectivity index (χ4n) is 2.34. The number of nitrogens with zero attached hydrogens (tertiary/aromatic N) is 2. The van der Waals surface area contributed by atoms with Crippen molar-refractivity contribution in [1.82, 2.24) is 9.97 Å². The Labute approximate surface area is 143 Å². The monoisotopic (exact) mass is 387 g/mol. The van der Waals surface area contributed by atoms with E-state index in [4.69, 9.17) is 4.42 Å². The minimum Gasteiger partial charge on any atom is -0.441 e. The number of aryl methyl sites for hydroxylation is 1. The minimum absolute atomic E-state index is 0.196. The van der Waals surface area contributed by atoms with Crippen LogP contribution in [0.4, 0.5) is 5.13 Å². The van der Waals surface area contributed by atoms with Gasteiger partial charge >= 0.3 is 0 Å². The molecule has 2 aromatic heterocycles. The molecule has 1 amide bonds. The highest BCUT2D eigenvalue weighted by Crippen LogP contribution is 2.32. The van der Waals surface area contributed by atoms with Crippen LogP contribution in [0.5, 0.6) is 0 Å². The highest BCUT2D eigenvalue weighted by Gasteiger charge is 2.14. The van der Waals surface area contributed by atoms with E-state index in [-0.39, 0.29) is 5.91 Å². The third-order valence-electron chi connectivity index (χ3n) is 3.33. The maximum Gasteiger partial charge on any atom is 0.257 e. The van der Waals surface area contributed by atoms with Crippen molar-refractivity contribution in [2.45, 2.75) is 6.92 Å². The maximum absolute atomic E-state index is 12.3. The molecule has 2 heterocycles. The van der Waals surface area contributed by atoms with Crippen LogP contribution in [0.15, 0.2) is 45.3 Å². The Morgan fingerprint density at radius 3 is 2.96 bits per heavy atom. The van der Waals surface area contributed by atoms with Gasteiger partial charge in [-0.15, -0.1) is 0 Å². The normalized spacial score (nSPS) is 11.2. The fourth-order valence-corrected chi connectivity index (χ4v) is 3.68. The molecule has 0 spiro atoms. The van der Waals surface area contributed by atoms with Crippen LogP contribution in [0, 0.1) is 6.92 Å². The summed E-state index contributed by atoms with van der Waals surface area (Å²) < 4.78 is 7.29. The van der Waals surface area contributed by atoms with E-state index in [1.807, 2.05) is 31.2 Å². The lowest BCUT2D eigenvalue weighted by atomic mass is 10.2. The molecular weight excluding hydrogens is 378 g/mol. The van der Waals surface area contributed by atoms with Gasteiger partial charge in [0, 0.05) is 17.0 Å². The second-order valence-corrected chi connectivity index (χ2v) is 6.89. The summed E-state index contributed by atoms with van der Waals surface area (Å²) in [5, 5.41) is 3.38. The average molecular weight is 388 g/mol. The van der Waals surface area contributed by atoms with Crippen LogP contribution in [0.3, 0.4) is 0 Å². The van der Waals surface area contributed by atoms with Crippen LogP contribution >= 0.6 is 27.3 Å². The molecule has 4 aromatic rings. The molecule has 0 saturated carbocycles. The fraction of sp³-hybridized carbons (Fsp3) is 0.0625. The van der Waals surface area contributed by atoms with E-state index < -0.39 is 0 Å². The Hall–Kier alpha value is -2.25. The molecule has 114 valence electrons. The number of nitrogens with one attached hydrogen (secondary N) is 1. The van der Waals surface area contributed by atoms with Gasteiger partial charge in [-0.2, -0.15) is 0 Å². The van der Waals surface area contributed by atoms with Crippen molar-refractivity contribution in [1.29, 1.82) is 0 Å². The van der Waals surface area contributed by atoms with Crippen LogP contribution in [-0.2, 0) is 0 Å². The number of halogens is 1. The van der Waals surface area contributed by atoms with Gasteiger partial charge < -0.3 is 4.42 Å². The van der Waals surface area contributed by atoms with Gasteiger partial charge in [0.15, 0.2) is 16.6 Å². The number of hydrogen-bond acceptors (Lipinski definition) is 5. The zero-order valence-electron chi connectivity index (χ0n) is 12.0. The number of amides is 1. The number of rotatable bonds is 2. The first-order valence-electron chi connectivity index (χ1n) is 6.84. The number of anilines is 1. The van der Waals surface area contributed by atoms with Crippen molar-refractivity contribution in [2.24, 2.45) is 0 Å². The molecule has 4 rings (SSSR count). The predicted octanol–water partition coefficient (Wildman–Crippen LogP) is 4.76. The first-order valence-corrected chi connectivity index (χ1v) is 8.45. The van der Waals surface area contributed by atoms with Crippen molar-refractivity contribution in [3.63, 3.8) is 0 Å². The summed E-state index contributed by atoms with van der Waals surface area (Å²) in [7, 11) is 0. The first kappa shape index (κ1) is 14.3. The Kier molecular flexibility index (Phi) is 3.39. The number of carbonyl (C=O) groups excluding carboxylic acids is 1. The molecule has 0 aliphatic rings. The molecular formula is C16H10BrN3O2S. The van der Waals surface area contributed by atoms with Crippen LogP contribution in [0.1, 0.15) is 16.2 Å². The van der Waals surface area contributed by atoms with E-state index >= 15 is 0 Å².